The van der Waals surface area contributed by atoms with Gasteiger partial charge in [-0.3, -0.25) is 9.69 Å². The van der Waals surface area contributed by atoms with E-state index in [1.165, 1.54) is 9.75 Å². The van der Waals surface area contributed by atoms with E-state index in [9.17, 15) is 4.79 Å². The number of nitrogens with one attached hydrogen (secondary N) is 1. The van der Waals surface area contributed by atoms with E-state index in [1.807, 2.05) is 43.4 Å². The zero-order valence-corrected chi connectivity index (χ0v) is 15.5. The van der Waals surface area contributed by atoms with Crippen molar-refractivity contribution in [1.82, 2.24) is 10.2 Å². The minimum Gasteiger partial charge on any atom is -0.348 e. The lowest BCUT2D eigenvalue weighted by molar-refractivity contribution is -0.126. The van der Waals surface area contributed by atoms with Crippen LogP contribution in [0.4, 0.5) is 0 Å². The van der Waals surface area contributed by atoms with Gasteiger partial charge in [-0.2, -0.15) is 0 Å². The van der Waals surface area contributed by atoms with Crippen molar-refractivity contribution in [3.05, 3.63) is 57.8 Å². The molecule has 1 aliphatic rings. The maximum absolute atomic E-state index is 12.7. The van der Waals surface area contributed by atoms with Crippen LogP contribution >= 0.6 is 11.3 Å². The second-order valence-corrected chi connectivity index (χ2v) is 7.98. The molecule has 128 valence electrons. The van der Waals surface area contributed by atoms with Crippen molar-refractivity contribution in [2.45, 2.75) is 51.7 Å². The first-order valence-electron chi connectivity index (χ1n) is 8.73. The van der Waals surface area contributed by atoms with Crippen LogP contribution in [0.5, 0.6) is 0 Å². The average Bonchev–Trinajstić information content (AvgIpc) is 3.23. The molecule has 3 atom stereocenters. The normalized spacial score (nSPS) is 20.7. The summed E-state index contributed by atoms with van der Waals surface area (Å²) in [7, 11) is 0. The molecule has 2 heterocycles. The van der Waals surface area contributed by atoms with Crippen molar-refractivity contribution in [2.24, 2.45) is 0 Å². The molecule has 3 rings (SSSR count). The lowest BCUT2D eigenvalue weighted by atomic mass is 10.1. The van der Waals surface area contributed by atoms with Gasteiger partial charge in [-0.05, 0) is 57.9 Å². The Labute approximate surface area is 148 Å². The molecule has 1 saturated heterocycles. The lowest BCUT2D eigenvalue weighted by Crippen LogP contribution is -2.45. The number of aryl methyl sites for hydroxylation is 1. The fourth-order valence-electron chi connectivity index (χ4n) is 3.50. The van der Waals surface area contributed by atoms with Crippen molar-refractivity contribution in [3.63, 3.8) is 0 Å². The van der Waals surface area contributed by atoms with Crippen molar-refractivity contribution in [1.29, 1.82) is 0 Å². The molecule has 1 aromatic carbocycles. The smallest absolute Gasteiger partial charge is 0.237 e. The highest BCUT2D eigenvalue weighted by Gasteiger charge is 2.34. The van der Waals surface area contributed by atoms with Crippen molar-refractivity contribution in [2.75, 3.05) is 6.54 Å². The molecule has 2 aromatic rings. The molecule has 1 aliphatic heterocycles. The molecule has 24 heavy (non-hydrogen) atoms. The number of rotatable bonds is 5. The highest BCUT2D eigenvalue weighted by Crippen LogP contribution is 2.37. The second kappa shape index (κ2) is 7.49. The topological polar surface area (TPSA) is 32.3 Å². The van der Waals surface area contributed by atoms with E-state index in [1.54, 1.807) is 0 Å². The molecule has 1 N–H and O–H groups in total. The molecule has 0 bridgehead atoms. The van der Waals surface area contributed by atoms with Gasteiger partial charge in [-0.1, -0.05) is 30.3 Å². The quantitative estimate of drug-likeness (QED) is 0.870. The summed E-state index contributed by atoms with van der Waals surface area (Å²) in [4.78, 5) is 17.8. The van der Waals surface area contributed by atoms with Crippen LogP contribution in [-0.2, 0) is 4.79 Å². The highest BCUT2D eigenvalue weighted by atomic mass is 32.1. The number of hydrogen-bond acceptors (Lipinski definition) is 3. The minimum absolute atomic E-state index is 0.0335. The first-order valence-corrected chi connectivity index (χ1v) is 9.55. The molecule has 0 saturated carbocycles. The molecule has 3 unspecified atom stereocenters. The number of hydrogen-bond donors (Lipinski definition) is 1. The number of likely N-dealkylation sites (tertiary alicyclic amines) is 1. The standard InChI is InChI=1S/C20H26N2OS/c1-14-11-12-19(24-14)18-10-7-13-22(18)16(3)20(23)21-15(2)17-8-5-4-6-9-17/h4-6,8-9,11-12,15-16,18H,7,10,13H2,1-3H3,(H,21,23). The zero-order valence-electron chi connectivity index (χ0n) is 14.7. The molecule has 0 radical (unpaired) electrons. The molecule has 1 aromatic heterocycles. The summed E-state index contributed by atoms with van der Waals surface area (Å²) in [5.41, 5.74) is 1.14. The third kappa shape index (κ3) is 3.70. The van der Waals surface area contributed by atoms with Gasteiger partial charge in [-0.25, -0.2) is 0 Å². The monoisotopic (exact) mass is 342 g/mol. The largest absolute Gasteiger partial charge is 0.348 e. The third-order valence-electron chi connectivity index (χ3n) is 4.92. The fraction of sp³-hybridized carbons (Fsp3) is 0.450. The molecule has 3 nitrogen and oxygen atoms in total. The fourth-order valence-corrected chi connectivity index (χ4v) is 4.53. The van der Waals surface area contributed by atoms with E-state index in [2.05, 4.69) is 41.4 Å². The summed E-state index contributed by atoms with van der Waals surface area (Å²) in [6.07, 6.45) is 2.30. The Hall–Kier alpha value is -1.65. The maximum atomic E-state index is 12.7. The first kappa shape index (κ1) is 17.2. The number of amides is 1. The first-order chi connectivity index (χ1) is 11.6. The summed E-state index contributed by atoms with van der Waals surface area (Å²) in [5, 5.41) is 3.17. The number of benzene rings is 1. The van der Waals surface area contributed by atoms with Crippen molar-refractivity contribution >= 4 is 17.2 Å². The van der Waals surface area contributed by atoms with Gasteiger partial charge in [0.05, 0.1) is 12.1 Å². The molecule has 1 amide bonds. The Bertz CT molecular complexity index is 682. The summed E-state index contributed by atoms with van der Waals surface area (Å²) < 4.78 is 0. The van der Waals surface area contributed by atoms with Crippen LogP contribution in [0, 0.1) is 6.92 Å². The second-order valence-electron chi connectivity index (χ2n) is 6.66. The van der Waals surface area contributed by atoms with E-state index < -0.39 is 0 Å². The van der Waals surface area contributed by atoms with Crippen LogP contribution in [0.1, 0.15) is 54.1 Å². The van der Waals surface area contributed by atoms with Gasteiger partial charge in [0, 0.05) is 15.8 Å². The van der Waals surface area contributed by atoms with E-state index in [4.69, 9.17) is 0 Å². The Morgan fingerprint density at radius 3 is 2.62 bits per heavy atom. The minimum atomic E-state index is -0.105. The zero-order chi connectivity index (χ0) is 17.1. The van der Waals surface area contributed by atoms with Gasteiger partial charge in [0.1, 0.15) is 0 Å². The van der Waals surface area contributed by atoms with Crippen LogP contribution in [0.2, 0.25) is 0 Å². The molecule has 0 spiro atoms. The summed E-state index contributed by atoms with van der Waals surface area (Å²) in [5.74, 6) is 0.117. The Kier molecular flexibility index (Phi) is 5.36. The number of carbonyl (C=O) groups excluding carboxylic acids is 1. The van der Waals surface area contributed by atoms with Gasteiger partial charge in [-0.15, -0.1) is 11.3 Å². The molecule has 1 fully saturated rings. The van der Waals surface area contributed by atoms with Crippen LogP contribution < -0.4 is 5.32 Å². The SMILES string of the molecule is Cc1ccc(C2CCCN2C(C)C(=O)NC(C)c2ccccc2)s1. The maximum Gasteiger partial charge on any atom is 0.237 e. The van der Waals surface area contributed by atoms with Gasteiger partial charge in [0.25, 0.3) is 0 Å². The van der Waals surface area contributed by atoms with Gasteiger partial charge in [0.2, 0.25) is 5.91 Å². The van der Waals surface area contributed by atoms with Gasteiger partial charge in [0.15, 0.2) is 0 Å². The molecule has 4 heteroatoms. The van der Waals surface area contributed by atoms with E-state index in [0.29, 0.717) is 6.04 Å². The van der Waals surface area contributed by atoms with Crippen LogP contribution in [0.25, 0.3) is 0 Å². The van der Waals surface area contributed by atoms with Gasteiger partial charge < -0.3 is 5.32 Å². The number of nitrogens with zero attached hydrogens (tertiary/aromatic N) is 1. The van der Waals surface area contributed by atoms with Crippen molar-refractivity contribution in [3.8, 4) is 0 Å². The molecular formula is C20H26N2OS. The highest BCUT2D eigenvalue weighted by molar-refractivity contribution is 7.12. The predicted octanol–water partition coefficient (Wildman–Crippen LogP) is 4.46. The third-order valence-corrected chi connectivity index (χ3v) is 6.02. The number of thiophene rings is 1. The Balaban J connectivity index is 1.66. The van der Waals surface area contributed by atoms with Gasteiger partial charge >= 0.3 is 0 Å². The summed E-state index contributed by atoms with van der Waals surface area (Å²) in [6, 6.07) is 14.9. The molecule has 0 aliphatic carbocycles. The number of carbonyl (C=O) groups is 1. The summed E-state index contributed by atoms with van der Waals surface area (Å²) in [6.45, 7) is 7.22. The Morgan fingerprint density at radius 2 is 1.96 bits per heavy atom. The van der Waals surface area contributed by atoms with Crippen molar-refractivity contribution < 1.29 is 4.79 Å². The molecular weight excluding hydrogens is 316 g/mol. The summed E-state index contributed by atoms with van der Waals surface area (Å²) >= 11 is 1.86. The van der Waals surface area contributed by atoms with Crippen LogP contribution in [0.15, 0.2) is 42.5 Å². The van der Waals surface area contributed by atoms with E-state index in [-0.39, 0.29) is 18.0 Å². The Morgan fingerprint density at radius 1 is 1.21 bits per heavy atom. The van der Waals surface area contributed by atoms with Crippen LogP contribution in [0.3, 0.4) is 0 Å². The van der Waals surface area contributed by atoms with E-state index >= 15 is 0 Å². The predicted molar refractivity (Wildman–Crippen MR) is 100 cm³/mol. The van der Waals surface area contributed by atoms with Crippen LogP contribution in [-0.4, -0.2) is 23.4 Å². The van der Waals surface area contributed by atoms with E-state index in [0.717, 1.165) is 24.9 Å². The average molecular weight is 343 g/mol. The lowest BCUT2D eigenvalue weighted by Gasteiger charge is -2.30.